The van der Waals surface area contributed by atoms with Crippen LogP contribution in [-0.2, 0) is 9.59 Å². The van der Waals surface area contributed by atoms with Crippen molar-refractivity contribution in [3.05, 3.63) is 0 Å². The Bertz CT molecular complexity index is 275. The smallest absolute Gasteiger partial charge is 0.165 e. The van der Waals surface area contributed by atoms with Gasteiger partial charge in [-0.2, -0.15) is 0 Å². The van der Waals surface area contributed by atoms with Crippen molar-refractivity contribution in [3.63, 3.8) is 0 Å². The van der Waals surface area contributed by atoms with E-state index in [0.29, 0.717) is 0 Å². The van der Waals surface area contributed by atoms with E-state index >= 15 is 0 Å². The Morgan fingerprint density at radius 1 is 1.50 bits per heavy atom. The van der Waals surface area contributed by atoms with Crippen LogP contribution in [0.4, 0.5) is 0 Å². The van der Waals surface area contributed by atoms with Gasteiger partial charge in [0.25, 0.3) is 0 Å². The Balaban J connectivity index is 2.73. The predicted octanol–water partition coefficient (Wildman–Crippen LogP) is 0.424. The van der Waals surface area contributed by atoms with E-state index in [0.717, 1.165) is 0 Å². The summed E-state index contributed by atoms with van der Waals surface area (Å²) in [7, 11) is 0. The molecule has 5 heteroatoms. The number of hydrogen-bond donors (Lipinski definition) is 0. The third kappa shape index (κ3) is 1.75. The van der Waals surface area contributed by atoms with Crippen molar-refractivity contribution < 1.29 is 14.7 Å². The Morgan fingerprint density at radius 3 is 2.29 bits per heavy atom. The lowest BCUT2D eigenvalue weighted by atomic mass is 10.1. The number of carbonyl (C=O) groups excluding carboxylic acids is 2. The fourth-order valence-electron chi connectivity index (χ4n) is 1.95. The molecule has 0 spiro atoms. The number of alkyl halides is 2. The van der Waals surface area contributed by atoms with Crippen molar-refractivity contribution in [1.82, 2.24) is 0 Å². The fourth-order valence-corrected chi connectivity index (χ4v) is 2.74. The number of carboxylic acid groups (broad SMARTS) is 1. The first-order valence-corrected chi connectivity index (χ1v) is 5.24. The van der Waals surface area contributed by atoms with Gasteiger partial charge < -0.3 is 9.90 Å². The molecule has 0 aliphatic heterocycles. The number of aliphatic carboxylic acids is 1. The van der Waals surface area contributed by atoms with Crippen LogP contribution in [0.1, 0.15) is 13.8 Å². The summed E-state index contributed by atoms with van der Waals surface area (Å²) in [6.45, 7) is 3.52. The highest BCUT2D eigenvalue weighted by molar-refractivity contribution is 6.38. The van der Waals surface area contributed by atoms with Crippen molar-refractivity contribution in [3.8, 4) is 0 Å². The largest absolute Gasteiger partial charge is 0.550 e. The van der Waals surface area contributed by atoms with Gasteiger partial charge in [0, 0.05) is 11.9 Å². The molecule has 3 atom stereocenters. The number of rotatable bonds is 4. The summed E-state index contributed by atoms with van der Waals surface area (Å²) in [6, 6.07) is 0. The quantitative estimate of drug-likeness (QED) is 0.667. The van der Waals surface area contributed by atoms with Crippen LogP contribution in [-0.4, -0.2) is 23.0 Å². The molecular formula is C9H11Cl2O3-. The van der Waals surface area contributed by atoms with E-state index in [2.05, 4.69) is 0 Å². The Labute approximate surface area is 92.4 Å². The summed E-state index contributed by atoms with van der Waals surface area (Å²) in [5.41, 5.74) is -0.465. The van der Waals surface area contributed by atoms with Crippen LogP contribution in [0.2, 0.25) is 0 Å². The molecule has 0 aromatic rings. The number of halogens is 2. The molecule has 1 rings (SSSR count). The van der Waals surface area contributed by atoms with E-state index in [1.54, 1.807) is 13.8 Å². The lowest BCUT2D eigenvalue weighted by molar-refractivity contribution is -0.309. The van der Waals surface area contributed by atoms with Crippen LogP contribution >= 0.6 is 23.2 Å². The minimum atomic E-state index is -1.15. The lowest BCUT2D eigenvalue weighted by Crippen LogP contribution is -2.28. The number of hydrogen-bond acceptors (Lipinski definition) is 3. The van der Waals surface area contributed by atoms with Crippen LogP contribution < -0.4 is 5.11 Å². The summed E-state index contributed by atoms with van der Waals surface area (Å²) >= 11 is 11.2. The van der Waals surface area contributed by atoms with Crippen LogP contribution in [0.15, 0.2) is 0 Å². The molecule has 0 aromatic heterocycles. The predicted molar refractivity (Wildman–Crippen MR) is 51.1 cm³/mol. The third-order valence-electron chi connectivity index (χ3n) is 2.92. The Morgan fingerprint density at radius 2 is 2.00 bits per heavy atom. The molecule has 3 nitrogen and oxygen atoms in total. The number of carbonyl (C=O) groups is 2. The van der Waals surface area contributed by atoms with E-state index < -0.39 is 22.7 Å². The topological polar surface area (TPSA) is 57.2 Å². The molecule has 0 N–H and O–H groups in total. The normalized spacial score (nSPS) is 30.9. The fraction of sp³-hybridized carbons (Fsp3) is 0.778. The van der Waals surface area contributed by atoms with Gasteiger partial charge in [-0.15, -0.1) is 23.2 Å². The van der Waals surface area contributed by atoms with Crippen molar-refractivity contribution >= 4 is 35.0 Å². The van der Waals surface area contributed by atoms with Crippen molar-refractivity contribution in [2.75, 3.05) is 5.88 Å². The first kappa shape index (κ1) is 11.8. The van der Waals surface area contributed by atoms with Crippen LogP contribution in [0.3, 0.4) is 0 Å². The number of ketones is 1. The first-order valence-electron chi connectivity index (χ1n) is 4.27. The molecule has 1 saturated carbocycles. The van der Waals surface area contributed by atoms with Gasteiger partial charge in [-0.1, -0.05) is 13.8 Å². The van der Waals surface area contributed by atoms with E-state index in [1.165, 1.54) is 0 Å². The molecule has 14 heavy (non-hydrogen) atoms. The monoisotopic (exact) mass is 237 g/mol. The molecule has 3 unspecified atom stereocenters. The maximum atomic E-state index is 11.2. The molecule has 80 valence electrons. The molecule has 1 aliphatic carbocycles. The van der Waals surface area contributed by atoms with Gasteiger partial charge in [-0.05, 0) is 11.3 Å². The molecular weight excluding hydrogens is 227 g/mol. The molecule has 0 saturated heterocycles. The van der Waals surface area contributed by atoms with Crippen molar-refractivity contribution in [2.45, 2.75) is 19.2 Å². The standard InChI is InChI=1S/C9H12Cl2O3/c1-9(2)5(6(9)8(13)14)7(11)4(12)3-10/h5-7H,3H2,1-2H3,(H,13,14)/p-1. The molecule has 0 radical (unpaired) electrons. The molecule has 0 heterocycles. The third-order valence-corrected chi connectivity index (χ3v) is 3.70. The van der Waals surface area contributed by atoms with Crippen molar-refractivity contribution in [2.24, 2.45) is 17.3 Å². The van der Waals surface area contributed by atoms with Gasteiger partial charge in [0.2, 0.25) is 0 Å². The zero-order chi connectivity index (χ0) is 11.1. The average Bonchev–Trinajstić information content (AvgIpc) is 2.66. The maximum Gasteiger partial charge on any atom is 0.165 e. The summed E-state index contributed by atoms with van der Waals surface area (Å²) < 4.78 is 0. The number of carboxylic acids is 1. The SMILES string of the molecule is CC1(C)C(C(=O)[O-])C1C(Cl)C(=O)CCl. The number of Topliss-reactive ketones (excluding diaryl/α,β-unsaturated/α-hetero) is 1. The van der Waals surface area contributed by atoms with Gasteiger partial charge in [-0.3, -0.25) is 4.79 Å². The Kier molecular flexibility index (Phi) is 3.12. The Hall–Kier alpha value is -0.280. The highest BCUT2D eigenvalue weighted by Crippen LogP contribution is 2.60. The van der Waals surface area contributed by atoms with Gasteiger partial charge in [0.1, 0.15) is 0 Å². The van der Waals surface area contributed by atoms with E-state index in [-0.39, 0.29) is 17.6 Å². The molecule has 1 fully saturated rings. The highest BCUT2D eigenvalue weighted by atomic mass is 35.5. The molecule has 0 bridgehead atoms. The second-order valence-electron chi connectivity index (χ2n) is 4.15. The van der Waals surface area contributed by atoms with Crippen molar-refractivity contribution in [1.29, 1.82) is 0 Å². The summed E-state index contributed by atoms with van der Waals surface area (Å²) in [5.74, 6) is -2.65. The van der Waals surface area contributed by atoms with Crippen LogP contribution in [0.25, 0.3) is 0 Å². The maximum absolute atomic E-state index is 11.2. The van der Waals surface area contributed by atoms with Gasteiger partial charge in [0.05, 0.1) is 11.3 Å². The minimum Gasteiger partial charge on any atom is -0.550 e. The lowest BCUT2D eigenvalue weighted by Gasteiger charge is -2.07. The van der Waals surface area contributed by atoms with Gasteiger partial charge in [0.15, 0.2) is 5.78 Å². The summed E-state index contributed by atoms with van der Waals surface area (Å²) in [5, 5.41) is 9.87. The van der Waals surface area contributed by atoms with Crippen LogP contribution in [0, 0.1) is 17.3 Å². The zero-order valence-corrected chi connectivity index (χ0v) is 9.43. The second-order valence-corrected chi connectivity index (χ2v) is 4.88. The van der Waals surface area contributed by atoms with Gasteiger partial charge >= 0.3 is 0 Å². The molecule has 1 aliphatic rings. The van der Waals surface area contributed by atoms with E-state index in [1.807, 2.05) is 0 Å². The average molecular weight is 238 g/mol. The minimum absolute atomic E-state index is 0.180. The molecule has 0 amide bonds. The van der Waals surface area contributed by atoms with Crippen LogP contribution in [0.5, 0.6) is 0 Å². The van der Waals surface area contributed by atoms with E-state index in [9.17, 15) is 14.7 Å². The summed E-state index contributed by atoms with van der Waals surface area (Å²) in [6.07, 6.45) is 0. The van der Waals surface area contributed by atoms with Gasteiger partial charge in [-0.25, -0.2) is 0 Å². The second kappa shape index (κ2) is 3.70. The zero-order valence-electron chi connectivity index (χ0n) is 7.92. The van der Waals surface area contributed by atoms with E-state index in [4.69, 9.17) is 23.2 Å². The summed E-state index contributed by atoms with van der Waals surface area (Å²) in [4.78, 5) is 21.9. The highest BCUT2D eigenvalue weighted by Gasteiger charge is 2.62. The first-order chi connectivity index (χ1) is 6.34. The molecule has 0 aromatic carbocycles.